The molecule has 5 nitrogen and oxygen atoms in total. The first kappa shape index (κ1) is 18.6. The van der Waals surface area contributed by atoms with Gasteiger partial charge < -0.3 is 4.90 Å². The van der Waals surface area contributed by atoms with E-state index in [1.165, 1.54) is 9.18 Å². The van der Waals surface area contributed by atoms with Gasteiger partial charge in [-0.3, -0.25) is 4.79 Å². The number of amides is 1. The summed E-state index contributed by atoms with van der Waals surface area (Å²) in [6.45, 7) is 1.56. The molecule has 0 spiro atoms. The monoisotopic (exact) mass is 442 g/mol. The number of hydrogen-bond acceptors (Lipinski definition) is 4. The van der Waals surface area contributed by atoms with Crippen molar-refractivity contribution in [2.75, 3.05) is 26.2 Å². The molecule has 1 aliphatic rings. The fraction of sp³-hybridized carbons (Fsp3) is 0.353. The fourth-order valence-corrected chi connectivity index (χ4v) is 5.17. The summed E-state index contributed by atoms with van der Waals surface area (Å²) in [7, 11) is -3.50. The predicted molar refractivity (Wildman–Crippen MR) is 102 cm³/mol. The Morgan fingerprint density at radius 1 is 1.08 bits per heavy atom. The van der Waals surface area contributed by atoms with Crippen LogP contribution in [0.3, 0.4) is 0 Å². The molecule has 1 saturated heterocycles. The summed E-state index contributed by atoms with van der Waals surface area (Å²) >= 11 is 4.96. The van der Waals surface area contributed by atoms with Crippen molar-refractivity contribution in [3.8, 4) is 0 Å². The molecule has 0 atom stereocenters. The number of halogens is 1. The van der Waals surface area contributed by atoms with Crippen molar-refractivity contribution in [3.63, 3.8) is 0 Å². The third kappa shape index (κ3) is 4.49. The zero-order chi connectivity index (χ0) is 17.9. The standard InChI is InChI=1S/C17H19BrN2O3S2/c18-14-3-6-16(7-4-14)25(22,23)20-11-9-19(10-12-20)17(21)8-5-15-2-1-13-24-15/h1-4,6-7,13H,5,8-12H2. The van der Waals surface area contributed by atoms with Crippen molar-refractivity contribution in [2.24, 2.45) is 0 Å². The highest BCUT2D eigenvalue weighted by atomic mass is 79.9. The zero-order valence-electron chi connectivity index (χ0n) is 13.6. The van der Waals surface area contributed by atoms with Crippen LogP contribution in [0.5, 0.6) is 0 Å². The van der Waals surface area contributed by atoms with Gasteiger partial charge in [-0.2, -0.15) is 4.31 Å². The van der Waals surface area contributed by atoms with Gasteiger partial charge in [0.15, 0.2) is 0 Å². The van der Waals surface area contributed by atoms with Crippen LogP contribution in [-0.4, -0.2) is 49.7 Å². The summed E-state index contributed by atoms with van der Waals surface area (Å²) in [5, 5.41) is 2.01. The van der Waals surface area contributed by atoms with Gasteiger partial charge in [-0.25, -0.2) is 8.42 Å². The normalized spacial score (nSPS) is 16.1. The molecule has 8 heteroatoms. The largest absolute Gasteiger partial charge is 0.340 e. The number of hydrogen-bond donors (Lipinski definition) is 0. The Morgan fingerprint density at radius 2 is 1.76 bits per heavy atom. The van der Waals surface area contributed by atoms with Crippen molar-refractivity contribution in [1.82, 2.24) is 9.21 Å². The number of carbonyl (C=O) groups is 1. The molecule has 1 aromatic carbocycles. The van der Waals surface area contributed by atoms with E-state index in [2.05, 4.69) is 15.9 Å². The van der Waals surface area contributed by atoms with Crippen molar-refractivity contribution in [1.29, 1.82) is 0 Å². The molecule has 0 bridgehead atoms. The molecule has 1 fully saturated rings. The number of piperazine rings is 1. The lowest BCUT2D eigenvalue weighted by molar-refractivity contribution is -0.132. The lowest BCUT2D eigenvalue weighted by Crippen LogP contribution is -2.50. The van der Waals surface area contributed by atoms with E-state index in [1.54, 1.807) is 40.5 Å². The van der Waals surface area contributed by atoms with E-state index in [1.807, 2.05) is 17.5 Å². The average Bonchev–Trinajstić information content (AvgIpc) is 3.14. The third-order valence-corrected chi connectivity index (χ3v) is 7.59. The van der Waals surface area contributed by atoms with Crippen LogP contribution in [0.1, 0.15) is 11.3 Å². The van der Waals surface area contributed by atoms with E-state index < -0.39 is 10.0 Å². The minimum Gasteiger partial charge on any atom is -0.340 e. The minimum atomic E-state index is -3.50. The van der Waals surface area contributed by atoms with Crippen molar-refractivity contribution >= 4 is 43.2 Å². The second-order valence-corrected chi connectivity index (χ2v) is 9.70. The Bertz CT molecular complexity index is 812. The smallest absolute Gasteiger partial charge is 0.243 e. The van der Waals surface area contributed by atoms with Crippen LogP contribution < -0.4 is 0 Å². The van der Waals surface area contributed by atoms with E-state index in [0.717, 1.165) is 10.9 Å². The summed E-state index contributed by atoms with van der Waals surface area (Å²) < 4.78 is 27.6. The van der Waals surface area contributed by atoms with Gasteiger partial charge in [0.05, 0.1) is 4.90 Å². The Morgan fingerprint density at radius 3 is 2.36 bits per heavy atom. The summed E-state index contributed by atoms with van der Waals surface area (Å²) in [6, 6.07) is 10.6. The van der Waals surface area contributed by atoms with Gasteiger partial charge in [0, 0.05) is 41.9 Å². The second kappa shape index (κ2) is 7.99. The van der Waals surface area contributed by atoms with E-state index in [9.17, 15) is 13.2 Å². The first-order valence-corrected chi connectivity index (χ1v) is 11.1. The number of benzene rings is 1. The van der Waals surface area contributed by atoms with Crippen LogP contribution in [0, 0.1) is 0 Å². The SMILES string of the molecule is O=C(CCc1cccs1)N1CCN(S(=O)(=O)c2ccc(Br)cc2)CC1. The number of rotatable bonds is 5. The lowest BCUT2D eigenvalue weighted by Gasteiger charge is -2.34. The first-order chi connectivity index (χ1) is 12.0. The minimum absolute atomic E-state index is 0.0917. The molecule has 134 valence electrons. The molecule has 1 amide bonds. The van der Waals surface area contributed by atoms with Gasteiger partial charge in [-0.15, -0.1) is 11.3 Å². The molecule has 0 aliphatic carbocycles. The van der Waals surface area contributed by atoms with Gasteiger partial charge in [0.25, 0.3) is 0 Å². The molecule has 0 unspecified atom stereocenters. The van der Waals surface area contributed by atoms with E-state index >= 15 is 0 Å². The summed E-state index contributed by atoms with van der Waals surface area (Å²) in [4.78, 5) is 15.6. The summed E-state index contributed by atoms with van der Waals surface area (Å²) in [5.74, 6) is 0.0917. The van der Waals surface area contributed by atoms with Crippen molar-refractivity contribution in [3.05, 3.63) is 51.1 Å². The molecule has 2 aromatic rings. The van der Waals surface area contributed by atoms with Crippen LogP contribution >= 0.6 is 27.3 Å². The maximum Gasteiger partial charge on any atom is 0.243 e. The van der Waals surface area contributed by atoms with Gasteiger partial charge in [-0.1, -0.05) is 22.0 Å². The van der Waals surface area contributed by atoms with E-state index in [0.29, 0.717) is 32.6 Å². The van der Waals surface area contributed by atoms with Gasteiger partial charge in [0.2, 0.25) is 15.9 Å². The molecule has 2 heterocycles. The Labute approximate surface area is 160 Å². The zero-order valence-corrected chi connectivity index (χ0v) is 16.8. The average molecular weight is 443 g/mol. The molecule has 0 radical (unpaired) electrons. The van der Waals surface area contributed by atoms with Gasteiger partial charge >= 0.3 is 0 Å². The maximum absolute atomic E-state index is 12.7. The molecular weight excluding hydrogens is 424 g/mol. The quantitative estimate of drug-likeness (QED) is 0.714. The molecule has 1 aromatic heterocycles. The highest BCUT2D eigenvalue weighted by molar-refractivity contribution is 9.10. The van der Waals surface area contributed by atoms with Gasteiger partial charge in [-0.05, 0) is 42.1 Å². The van der Waals surface area contributed by atoms with Crippen LogP contribution in [0.2, 0.25) is 0 Å². The number of carbonyl (C=O) groups excluding carboxylic acids is 1. The van der Waals surface area contributed by atoms with E-state index in [4.69, 9.17) is 0 Å². The highest BCUT2D eigenvalue weighted by Crippen LogP contribution is 2.20. The van der Waals surface area contributed by atoms with Crippen molar-refractivity contribution in [2.45, 2.75) is 17.7 Å². The van der Waals surface area contributed by atoms with Crippen LogP contribution in [-0.2, 0) is 21.2 Å². The molecule has 25 heavy (non-hydrogen) atoms. The Hall–Kier alpha value is -1.22. The summed E-state index contributed by atoms with van der Waals surface area (Å²) in [6.07, 6.45) is 1.22. The Kier molecular flexibility index (Phi) is 5.93. The topological polar surface area (TPSA) is 57.7 Å². The first-order valence-electron chi connectivity index (χ1n) is 8.03. The predicted octanol–water partition coefficient (Wildman–Crippen LogP) is 2.98. The van der Waals surface area contributed by atoms with Crippen LogP contribution in [0.25, 0.3) is 0 Å². The maximum atomic E-state index is 12.7. The fourth-order valence-electron chi connectivity index (χ4n) is 2.78. The summed E-state index contributed by atoms with van der Waals surface area (Å²) in [5.41, 5.74) is 0. The molecule has 0 N–H and O–H groups in total. The second-order valence-electron chi connectivity index (χ2n) is 5.82. The van der Waals surface area contributed by atoms with Crippen molar-refractivity contribution < 1.29 is 13.2 Å². The lowest BCUT2D eigenvalue weighted by atomic mass is 10.2. The Balaban J connectivity index is 1.55. The number of thiophene rings is 1. The number of nitrogens with zero attached hydrogens (tertiary/aromatic N) is 2. The molecular formula is C17H19BrN2O3S2. The van der Waals surface area contributed by atoms with Crippen LogP contribution in [0.15, 0.2) is 51.1 Å². The highest BCUT2D eigenvalue weighted by Gasteiger charge is 2.29. The van der Waals surface area contributed by atoms with Crippen LogP contribution in [0.4, 0.5) is 0 Å². The van der Waals surface area contributed by atoms with E-state index in [-0.39, 0.29) is 10.8 Å². The van der Waals surface area contributed by atoms with Gasteiger partial charge in [0.1, 0.15) is 0 Å². The number of aryl methyl sites for hydroxylation is 1. The number of sulfonamides is 1. The third-order valence-electron chi connectivity index (χ3n) is 4.21. The molecule has 0 saturated carbocycles. The molecule has 3 rings (SSSR count). The molecule has 1 aliphatic heterocycles.